The number of carbonyl (C=O) groups excluding carboxylic acids is 2. The van der Waals surface area contributed by atoms with Crippen LogP contribution >= 0.6 is 0 Å². The summed E-state index contributed by atoms with van der Waals surface area (Å²) in [6.07, 6.45) is 9.16. The predicted octanol–water partition coefficient (Wildman–Crippen LogP) is 2.64. The van der Waals surface area contributed by atoms with Gasteiger partial charge in [0.2, 0.25) is 11.8 Å². The van der Waals surface area contributed by atoms with E-state index in [-0.39, 0.29) is 35.5 Å². The molecular formula is C26H33N5O2. The fourth-order valence-electron chi connectivity index (χ4n) is 5.88. The van der Waals surface area contributed by atoms with Gasteiger partial charge in [-0.25, -0.2) is 0 Å². The molecule has 2 aliphatic carbocycles. The fourth-order valence-corrected chi connectivity index (χ4v) is 5.88. The first-order valence-electron chi connectivity index (χ1n) is 12.3. The Bertz CT molecular complexity index is 1090. The molecule has 0 spiro atoms. The van der Waals surface area contributed by atoms with E-state index in [1.807, 2.05) is 6.92 Å². The van der Waals surface area contributed by atoms with E-state index >= 15 is 0 Å². The number of rotatable bonds is 8. The molecule has 1 aromatic heterocycles. The second-order valence-corrected chi connectivity index (χ2v) is 9.27. The molecule has 174 valence electrons. The van der Waals surface area contributed by atoms with Crippen LogP contribution in [-0.2, 0) is 22.4 Å². The fraction of sp³-hybridized carbons (Fsp3) is 0.500. The monoisotopic (exact) mass is 447 g/mol. The molecule has 0 radical (unpaired) electrons. The molecule has 4 atom stereocenters. The van der Waals surface area contributed by atoms with Crippen LogP contribution in [0.2, 0.25) is 0 Å². The third-order valence-corrected chi connectivity index (χ3v) is 7.45. The zero-order valence-electron chi connectivity index (χ0n) is 19.4. The highest BCUT2D eigenvalue weighted by Gasteiger charge is 2.58. The van der Waals surface area contributed by atoms with Crippen molar-refractivity contribution in [3.63, 3.8) is 0 Å². The van der Waals surface area contributed by atoms with Crippen LogP contribution in [0.4, 0.5) is 0 Å². The number of aromatic amines is 1. The van der Waals surface area contributed by atoms with Crippen molar-refractivity contribution in [3.8, 4) is 0 Å². The molecule has 7 nitrogen and oxygen atoms in total. The number of amides is 2. The molecule has 1 saturated carbocycles. The highest BCUT2D eigenvalue weighted by Crippen LogP contribution is 2.52. The molecule has 2 amide bonds. The Labute approximate surface area is 194 Å². The van der Waals surface area contributed by atoms with Gasteiger partial charge in [0.1, 0.15) is 0 Å². The number of allylic oxidation sites excluding steroid dienone is 2. The van der Waals surface area contributed by atoms with Crippen LogP contribution in [-0.4, -0.2) is 53.8 Å². The van der Waals surface area contributed by atoms with E-state index in [9.17, 15) is 9.59 Å². The molecule has 1 saturated heterocycles. The maximum Gasteiger partial charge on any atom is 0.233 e. The summed E-state index contributed by atoms with van der Waals surface area (Å²) in [7, 11) is 0. The van der Waals surface area contributed by atoms with E-state index in [1.165, 1.54) is 26.9 Å². The Balaban J connectivity index is 1.16. The summed E-state index contributed by atoms with van der Waals surface area (Å²) in [4.78, 5) is 35.3. The molecule has 2 fully saturated rings. The number of hydrogen-bond acceptors (Lipinski definition) is 3. The van der Waals surface area contributed by atoms with Gasteiger partial charge in [-0.3, -0.25) is 19.5 Å². The van der Waals surface area contributed by atoms with E-state index in [1.54, 1.807) is 0 Å². The third kappa shape index (κ3) is 3.83. The van der Waals surface area contributed by atoms with E-state index in [0.717, 1.165) is 25.8 Å². The van der Waals surface area contributed by atoms with Crippen molar-refractivity contribution in [2.45, 2.75) is 33.1 Å². The number of aromatic nitrogens is 1. The Morgan fingerprint density at radius 3 is 2.55 bits per heavy atom. The highest BCUT2D eigenvalue weighted by atomic mass is 16.2. The first kappa shape index (κ1) is 21.7. The van der Waals surface area contributed by atoms with Crippen LogP contribution in [0.15, 0.2) is 41.5 Å². The molecule has 33 heavy (non-hydrogen) atoms. The van der Waals surface area contributed by atoms with Gasteiger partial charge in [-0.05, 0) is 49.1 Å². The Hall–Kier alpha value is -3.09. The molecule has 4 unspecified atom stereocenters. The number of benzene rings is 1. The van der Waals surface area contributed by atoms with Gasteiger partial charge < -0.3 is 15.6 Å². The van der Waals surface area contributed by atoms with E-state index in [2.05, 4.69) is 59.1 Å². The number of fused-ring (bicyclic) bond motifs is 6. The smallest absolute Gasteiger partial charge is 0.233 e. The van der Waals surface area contributed by atoms with Gasteiger partial charge in [0.25, 0.3) is 0 Å². The molecule has 2 bridgehead atoms. The van der Waals surface area contributed by atoms with Crippen LogP contribution in [0.25, 0.3) is 10.9 Å². The van der Waals surface area contributed by atoms with Crippen LogP contribution < -0.4 is 10.6 Å². The first-order chi connectivity index (χ1) is 16.1. The number of nitrogens with one attached hydrogen (secondary N) is 3. The van der Waals surface area contributed by atoms with Gasteiger partial charge in [0, 0.05) is 43.3 Å². The van der Waals surface area contributed by atoms with Crippen molar-refractivity contribution in [2.75, 3.05) is 26.2 Å². The topological polar surface area (TPSA) is 89.6 Å². The normalized spacial score (nSPS) is 26.0. The Morgan fingerprint density at radius 2 is 1.85 bits per heavy atom. The highest BCUT2D eigenvalue weighted by molar-refractivity contribution is 6.06. The summed E-state index contributed by atoms with van der Waals surface area (Å²) in [5.41, 5.74) is 3.82. The van der Waals surface area contributed by atoms with Crippen LogP contribution in [0, 0.1) is 23.7 Å². The Morgan fingerprint density at radius 1 is 1.09 bits per heavy atom. The van der Waals surface area contributed by atoms with Gasteiger partial charge >= 0.3 is 0 Å². The van der Waals surface area contributed by atoms with Gasteiger partial charge in [0.15, 0.2) is 5.96 Å². The molecule has 1 aromatic carbocycles. The number of para-hydroxylation sites is 1. The third-order valence-electron chi connectivity index (χ3n) is 7.45. The lowest BCUT2D eigenvalue weighted by atomic mass is 9.85. The second-order valence-electron chi connectivity index (χ2n) is 9.27. The quantitative estimate of drug-likeness (QED) is 0.251. The summed E-state index contributed by atoms with van der Waals surface area (Å²) >= 11 is 0. The lowest BCUT2D eigenvalue weighted by Crippen LogP contribution is -2.43. The maximum absolute atomic E-state index is 12.8. The largest absolute Gasteiger partial charge is 0.361 e. The predicted molar refractivity (Wildman–Crippen MR) is 130 cm³/mol. The lowest BCUT2D eigenvalue weighted by Gasteiger charge is -2.18. The minimum atomic E-state index is -0.126. The molecular weight excluding hydrogens is 414 g/mol. The van der Waals surface area contributed by atoms with Crippen molar-refractivity contribution in [2.24, 2.45) is 28.7 Å². The van der Waals surface area contributed by atoms with E-state index in [4.69, 9.17) is 4.99 Å². The summed E-state index contributed by atoms with van der Waals surface area (Å²) < 4.78 is 0. The number of guanidine groups is 1. The van der Waals surface area contributed by atoms with Gasteiger partial charge in [0.05, 0.1) is 11.8 Å². The van der Waals surface area contributed by atoms with Gasteiger partial charge in [-0.1, -0.05) is 37.3 Å². The van der Waals surface area contributed by atoms with E-state index in [0.29, 0.717) is 25.6 Å². The molecule has 3 aliphatic rings. The zero-order chi connectivity index (χ0) is 22.9. The molecule has 2 aromatic rings. The van der Waals surface area contributed by atoms with Crippen molar-refractivity contribution in [1.82, 2.24) is 20.5 Å². The number of hydrogen-bond donors (Lipinski definition) is 3. The Kier molecular flexibility index (Phi) is 5.96. The maximum atomic E-state index is 12.8. The van der Waals surface area contributed by atoms with Crippen molar-refractivity contribution < 1.29 is 9.59 Å². The summed E-state index contributed by atoms with van der Waals surface area (Å²) in [5, 5.41) is 7.83. The number of nitrogens with zero attached hydrogens (tertiary/aromatic N) is 2. The van der Waals surface area contributed by atoms with Gasteiger partial charge in [-0.2, -0.15) is 0 Å². The average Bonchev–Trinajstić information content (AvgIpc) is 3.59. The molecule has 1 aliphatic heterocycles. The average molecular weight is 448 g/mol. The van der Waals surface area contributed by atoms with Crippen LogP contribution in [0.5, 0.6) is 0 Å². The lowest BCUT2D eigenvalue weighted by molar-refractivity contribution is -0.140. The zero-order valence-corrected chi connectivity index (χ0v) is 19.4. The minimum absolute atomic E-state index is 0.0105. The van der Waals surface area contributed by atoms with Crippen molar-refractivity contribution >= 4 is 28.7 Å². The number of imide groups is 1. The summed E-state index contributed by atoms with van der Waals surface area (Å²) in [6, 6.07) is 6.44. The van der Waals surface area contributed by atoms with Crippen LogP contribution in [0.1, 0.15) is 31.4 Å². The van der Waals surface area contributed by atoms with Gasteiger partial charge in [-0.15, -0.1) is 0 Å². The second kappa shape index (κ2) is 9.04. The first-order valence-corrected chi connectivity index (χ1v) is 12.3. The number of aryl methyl sites for hydroxylation is 1. The molecule has 7 heteroatoms. The molecule has 3 N–H and O–H groups in total. The molecule has 5 rings (SSSR count). The van der Waals surface area contributed by atoms with Crippen molar-refractivity contribution in [1.29, 1.82) is 0 Å². The van der Waals surface area contributed by atoms with Crippen LogP contribution in [0.3, 0.4) is 0 Å². The summed E-state index contributed by atoms with van der Waals surface area (Å²) in [6.45, 7) is 6.49. The minimum Gasteiger partial charge on any atom is -0.361 e. The summed E-state index contributed by atoms with van der Waals surface area (Å²) in [5.74, 6) is 0.996. The number of likely N-dealkylation sites (tertiary alicyclic amines) is 1. The SMILES string of the molecule is CCNC(=NCCc1c[nH]c2c(CC)cccc12)NCCN1C(=O)C2C3C=CC(C3)C2C1=O. The number of carbonyl (C=O) groups is 2. The van der Waals surface area contributed by atoms with E-state index < -0.39 is 0 Å². The standard InChI is InChI=1S/C26H33N5O2/c1-3-16-6-5-7-20-19(15-30-23(16)20)10-11-28-26(27-4-2)29-12-13-31-24(32)21-17-8-9-18(14-17)22(21)25(31)33/h5-9,15,17-18,21-22,30H,3-4,10-14H2,1-2H3,(H2,27,28,29). The van der Waals surface area contributed by atoms with Crippen molar-refractivity contribution in [3.05, 3.63) is 47.7 Å². The molecule has 2 heterocycles. The number of H-pyrrole nitrogens is 1. The number of aliphatic imine (C=N–C) groups is 1.